The molecule has 170 valence electrons. The van der Waals surface area contributed by atoms with Gasteiger partial charge in [0.05, 0.1) is 16.8 Å². The van der Waals surface area contributed by atoms with Crippen LogP contribution in [0.5, 0.6) is 0 Å². The topological polar surface area (TPSA) is 33.1 Å². The first kappa shape index (κ1) is 22.8. The van der Waals surface area contributed by atoms with E-state index in [0.29, 0.717) is 29.6 Å². The predicted molar refractivity (Wildman–Crippen MR) is 128 cm³/mol. The van der Waals surface area contributed by atoms with Crippen LogP contribution in [0, 0.1) is 35.5 Å². The summed E-state index contributed by atoms with van der Waals surface area (Å²) in [5, 5.41) is 12.2. The molecule has 4 rings (SSSR count). The largest absolute Gasteiger partial charge is 0.393 e. The number of rotatable bonds is 7. The number of nitrogens with zero attached hydrogens (tertiary/aromatic N) is 1. The summed E-state index contributed by atoms with van der Waals surface area (Å²) in [6.07, 6.45) is 13.3. The Balaban J connectivity index is 1.56. The van der Waals surface area contributed by atoms with E-state index in [1.807, 2.05) is 6.92 Å². The SMILES string of the molecule is CC(C)CCCC(C)C1c2nc(C3CCC4CCCC4C3)sc2CC(C)C1C(C)O. The van der Waals surface area contributed by atoms with Gasteiger partial charge in [0, 0.05) is 16.7 Å². The number of hydrogen-bond donors (Lipinski definition) is 1. The lowest BCUT2D eigenvalue weighted by Crippen LogP contribution is -2.38. The molecule has 8 atom stereocenters. The molecular formula is C27H45NOS. The van der Waals surface area contributed by atoms with Gasteiger partial charge < -0.3 is 5.11 Å². The second-order valence-corrected chi connectivity index (χ2v) is 12.8. The lowest BCUT2D eigenvalue weighted by molar-refractivity contribution is 0.0505. The van der Waals surface area contributed by atoms with Crippen LogP contribution in [0.1, 0.15) is 120 Å². The summed E-state index contributed by atoms with van der Waals surface area (Å²) < 4.78 is 0. The average Bonchev–Trinajstić information content (AvgIpc) is 3.31. The van der Waals surface area contributed by atoms with Crippen LogP contribution in [0.25, 0.3) is 0 Å². The van der Waals surface area contributed by atoms with E-state index in [1.54, 1.807) is 4.88 Å². The smallest absolute Gasteiger partial charge is 0.0962 e. The first-order valence-electron chi connectivity index (χ1n) is 13.0. The number of hydrogen-bond acceptors (Lipinski definition) is 3. The Hall–Kier alpha value is -0.410. The minimum Gasteiger partial charge on any atom is -0.393 e. The Morgan fingerprint density at radius 3 is 2.53 bits per heavy atom. The zero-order chi connectivity index (χ0) is 21.4. The van der Waals surface area contributed by atoms with E-state index in [-0.39, 0.29) is 6.10 Å². The van der Waals surface area contributed by atoms with E-state index >= 15 is 0 Å². The Morgan fingerprint density at radius 1 is 1.03 bits per heavy atom. The van der Waals surface area contributed by atoms with Gasteiger partial charge in [0.25, 0.3) is 0 Å². The molecule has 3 aliphatic carbocycles. The van der Waals surface area contributed by atoms with Crippen molar-refractivity contribution in [2.75, 3.05) is 0 Å². The summed E-state index contributed by atoms with van der Waals surface area (Å²) in [5.74, 6) is 5.42. The third-order valence-electron chi connectivity index (χ3n) is 8.89. The Kier molecular flexibility index (Phi) is 7.29. The number of fused-ring (bicyclic) bond motifs is 2. The molecule has 0 saturated heterocycles. The summed E-state index contributed by atoms with van der Waals surface area (Å²) in [7, 11) is 0. The van der Waals surface area contributed by atoms with E-state index in [0.717, 1.165) is 24.2 Å². The molecule has 3 aliphatic rings. The molecule has 1 aromatic heterocycles. The number of thiazole rings is 1. The van der Waals surface area contributed by atoms with E-state index in [1.165, 1.54) is 68.5 Å². The zero-order valence-electron chi connectivity index (χ0n) is 20.1. The molecule has 0 bridgehead atoms. The van der Waals surface area contributed by atoms with Gasteiger partial charge in [-0.05, 0) is 68.1 Å². The van der Waals surface area contributed by atoms with Crippen LogP contribution in [0.3, 0.4) is 0 Å². The summed E-state index contributed by atoms with van der Waals surface area (Å²) in [6, 6.07) is 0. The highest BCUT2D eigenvalue weighted by atomic mass is 32.1. The van der Waals surface area contributed by atoms with Crippen LogP contribution in [-0.2, 0) is 6.42 Å². The molecule has 0 spiro atoms. The fourth-order valence-corrected chi connectivity index (χ4v) is 8.72. The quantitative estimate of drug-likeness (QED) is 0.483. The van der Waals surface area contributed by atoms with Gasteiger partial charge in [-0.2, -0.15) is 0 Å². The van der Waals surface area contributed by atoms with E-state index < -0.39 is 0 Å². The number of aliphatic hydroxyl groups is 1. The molecule has 0 amide bonds. The standard InChI is InChI=1S/C27H45NOS/c1-16(2)8-6-9-17(3)25-24(19(5)29)18(4)14-23-26(25)28-27(30-23)22-13-12-20-10-7-11-21(20)15-22/h16-22,24-25,29H,6-15H2,1-5H3. The molecule has 2 saturated carbocycles. The molecule has 2 fully saturated rings. The summed E-state index contributed by atoms with van der Waals surface area (Å²) >= 11 is 2.05. The van der Waals surface area contributed by atoms with Crippen molar-refractivity contribution < 1.29 is 5.11 Å². The maximum atomic E-state index is 10.7. The number of aliphatic hydroxyl groups excluding tert-OH is 1. The highest BCUT2D eigenvalue weighted by Crippen LogP contribution is 2.52. The van der Waals surface area contributed by atoms with Crippen LogP contribution in [-0.4, -0.2) is 16.2 Å². The number of aromatic nitrogens is 1. The van der Waals surface area contributed by atoms with Gasteiger partial charge in [0.15, 0.2) is 0 Å². The molecule has 30 heavy (non-hydrogen) atoms. The molecule has 8 unspecified atom stereocenters. The fourth-order valence-electron chi connectivity index (χ4n) is 7.31. The van der Waals surface area contributed by atoms with Crippen LogP contribution >= 0.6 is 11.3 Å². The summed E-state index contributed by atoms with van der Waals surface area (Å²) in [4.78, 5) is 6.97. The van der Waals surface area contributed by atoms with Crippen molar-refractivity contribution in [1.29, 1.82) is 0 Å². The van der Waals surface area contributed by atoms with Crippen LogP contribution in [0.2, 0.25) is 0 Å². The van der Waals surface area contributed by atoms with Crippen molar-refractivity contribution in [1.82, 2.24) is 4.98 Å². The molecule has 0 radical (unpaired) electrons. The summed E-state index contributed by atoms with van der Waals surface area (Å²) in [6.45, 7) is 11.5. The van der Waals surface area contributed by atoms with Crippen molar-refractivity contribution in [3.63, 3.8) is 0 Å². The molecular weight excluding hydrogens is 386 g/mol. The molecule has 2 nitrogen and oxygen atoms in total. The highest BCUT2D eigenvalue weighted by Gasteiger charge is 2.43. The normalized spacial score (nSPS) is 35.8. The van der Waals surface area contributed by atoms with Crippen LogP contribution < -0.4 is 0 Å². The maximum Gasteiger partial charge on any atom is 0.0962 e. The fraction of sp³-hybridized carbons (Fsp3) is 0.889. The lowest BCUT2D eigenvalue weighted by atomic mass is 9.66. The van der Waals surface area contributed by atoms with Crippen LogP contribution in [0.15, 0.2) is 0 Å². The molecule has 1 heterocycles. The van der Waals surface area contributed by atoms with Gasteiger partial charge in [-0.25, -0.2) is 4.98 Å². The van der Waals surface area contributed by atoms with Crippen molar-refractivity contribution in [3.05, 3.63) is 15.6 Å². The minimum absolute atomic E-state index is 0.246. The second-order valence-electron chi connectivity index (χ2n) is 11.6. The van der Waals surface area contributed by atoms with Crippen molar-refractivity contribution in [2.45, 2.75) is 117 Å². The third-order valence-corrected chi connectivity index (χ3v) is 10.1. The second kappa shape index (κ2) is 9.61. The Labute approximate surface area is 189 Å². The first-order valence-corrected chi connectivity index (χ1v) is 13.8. The monoisotopic (exact) mass is 431 g/mol. The van der Waals surface area contributed by atoms with Crippen molar-refractivity contribution in [2.24, 2.45) is 35.5 Å². The zero-order valence-corrected chi connectivity index (χ0v) is 20.9. The minimum atomic E-state index is -0.246. The van der Waals surface area contributed by atoms with Crippen molar-refractivity contribution >= 4 is 11.3 Å². The van der Waals surface area contributed by atoms with E-state index in [2.05, 4.69) is 39.0 Å². The van der Waals surface area contributed by atoms with Crippen LogP contribution in [0.4, 0.5) is 0 Å². The van der Waals surface area contributed by atoms with E-state index in [9.17, 15) is 5.11 Å². The first-order chi connectivity index (χ1) is 14.3. The van der Waals surface area contributed by atoms with Gasteiger partial charge in [-0.1, -0.05) is 66.2 Å². The molecule has 1 aromatic rings. The summed E-state index contributed by atoms with van der Waals surface area (Å²) in [5.41, 5.74) is 1.39. The highest BCUT2D eigenvalue weighted by molar-refractivity contribution is 7.11. The van der Waals surface area contributed by atoms with Crippen molar-refractivity contribution in [3.8, 4) is 0 Å². The maximum absolute atomic E-state index is 10.7. The predicted octanol–water partition coefficient (Wildman–Crippen LogP) is 7.56. The lowest BCUT2D eigenvalue weighted by Gasteiger charge is -2.40. The van der Waals surface area contributed by atoms with Gasteiger partial charge in [-0.15, -0.1) is 11.3 Å². The van der Waals surface area contributed by atoms with Gasteiger partial charge >= 0.3 is 0 Å². The Morgan fingerprint density at radius 2 is 1.80 bits per heavy atom. The van der Waals surface area contributed by atoms with Gasteiger partial charge in [-0.3, -0.25) is 0 Å². The van der Waals surface area contributed by atoms with Gasteiger partial charge in [0.1, 0.15) is 0 Å². The average molecular weight is 432 g/mol. The van der Waals surface area contributed by atoms with Gasteiger partial charge in [0.2, 0.25) is 0 Å². The Bertz CT molecular complexity index is 695. The molecule has 3 heteroatoms. The third kappa shape index (κ3) is 4.68. The molecule has 1 N–H and O–H groups in total. The molecule has 0 aromatic carbocycles. The molecule has 0 aliphatic heterocycles. The van der Waals surface area contributed by atoms with E-state index in [4.69, 9.17) is 4.98 Å².